The second-order valence-electron chi connectivity index (χ2n) is 5.91. The van der Waals surface area contributed by atoms with E-state index in [-0.39, 0.29) is 17.7 Å². The molecule has 0 bridgehead atoms. The van der Waals surface area contributed by atoms with Crippen molar-refractivity contribution < 1.29 is 19.8 Å². The average Bonchev–Trinajstić information content (AvgIpc) is 2.69. The van der Waals surface area contributed by atoms with Crippen molar-refractivity contribution in [1.29, 1.82) is 0 Å². The van der Waals surface area contributed by atoms with Gasteiger partial charge in [-0.1, -0.05) is 6.42 Å². The lowest BCUT2D eigenvalue weighted by atomic mass is 9.81. The highest BCUT2D eigenvalue weighted by molar-refractivity contribution is 5.80. The average molecular weight is 255 g/mol. The van der Waals surface area contributed by atoms with Crippen molar-refractivity contribution in [2.45, 2.75) is 44.6 Å². The van der Waals surface area contributed by atoms with Gasteiger partial charge in [-0.3, -0.25) is 9.59 Å². The van der Waals surface area contributed by atoms with Crippen LogP contribution < -0.4 is 0 Å². The third kappa shape index (κ3) is 2.83. The molecule has 0 aromatic heterocycles. The Kier molecular flexibility index (Phi) is 3.61. The molecule has 3 unspecified atom stereocenters. The number of rotatable bonds is 2. The number of aliphatic hydroxyl groups is 1. The van der Waals surface area contributed by atoms with Crippen LogP contribution in [0.4, 0.5) is 0 Å². The second kappa shape index (κ2) is 4.88. The molecule has 5 nitrogen and oxygen atoms in total. The largest absolute Gasteiger partial charge is 0.481 e. The monoisotopic (exact) mass is 255 g/mol. The number of hydrogen-bond acceptors (Lipinski definition) is 3. The van der Waals surface area contributed by atoms with Crippen molar-refractivity contribution in [3.63, 3.8) is 0 Å². The van der Waals surface area contributed by atoms with Crippen molar-refractivity contribution in [1.82, 2.24) is 4.90 Å². The van der Waals surface area contributed by atoms with Gasteiger partial charge in [0.15, 0.2) is 0 Å². The van der Waals surface area contributed by atoms with Crippen molar-refractivity contribution in [3.8, 4) is 0 Å². The molecule has 1 saturated carbocycles. The number of aliphatic carboxylic acids is 1. The van der Waals surface area contributed by atoms with Crippen molar-refractivity contribution in [2.24, 2.45) is 11.8 Å². The first kappa shape index (κ1) is 13.3. The Morgan fingerprint density at radius 3 is 2.50 bits per heavy atom. The van der Waals surface area contributed by atoms with Crippen LogP contribution in [0.1, 0.15) is 39.0 Å². The van der Waals surface area contributed by atoms with Crippen molar-refractivity contribution in [2.75, 3.05) is 13.1 Å². The molecule has 2 fully saturated rings. The van der Waals surface area contributed by atoms with E-state index >= 15 is 0 Å². The van der Waals surface area contributed by atoms with E-state index in [2.05, 4.69) is 0 Å². The molecular weight excluding hydrogens is 234 g/mol. The van der Waals surface area contributed by atoms with E-state index in [9.17, 15) is 14.7 Å². The minimum Gasteiger partial charge on any atom is -0.481 e. The van der Waals surface area contributed by atoms with Crippen LogP contribution in [0.2, 0.25) is 0 Å². The lowest BCUT2D eigenvalue weighted by Gasteiger charge is -2.29. The van der Waals surface area contributed by atoms with E-state index in [1.54, 1.807) is 11.8 Å². The third-order valence-corrected chi connectivity index (χ3v) is 4.14. The molecule has 1 aliphatic heterocycles. The fourth-order valence-corrected chi connectivity index (χ4v) is 3.03. The maximum absolute atomic E-state index is 12.3. The summed E-state index contributed by atoms with van der Waals surface area (Å²) in [5.41, 5.74) is -0.781. The molecule has 0 spiro atoms. The summed E-state index contributed by atoms with van der Waals surface area (Å²) in [5.74, 6) is -1.32. The maximum atomic E-state index is 12.3. The van der Waals surface area contributed by atoms with Crippen LogP contribution in [0.15, 0.2) is 0 Å². The highest BCUT2D eigenvalue weighted by Crippen LogP contribution is 2.32. The molecule has 5 heteroatoms. The Labute approximate surface area is 107 Å². The van der Waals surface area contributed by atoms with Gasteiger partial charge in [0.05, 0.1) is 11.5 Å². The van der Waals surface area contributed by atoms with Gasteiger partial charge < -0.3 is 15.1 Å². The van der Waals surface area contributed by atoms with Crippen LogP contribution in [0.3, 0.4) is 0 Å². The van der Waals surface area contributed by atoms with Gasteiger partial charge >= 0.3 is 5.97 Å². The predicted molar refractivity (Wildman–Crippen MR) is 64.9 cm³/mol. The molecular formula is C13H21NO4. The summed E-state index contributed by atoms with van der Waals surface area (Å²) in [6.45, 7) is 2.70. The Bertz CT molecular complexity index is 353. The first-order valence-electron chi connectivity index (χ1n) is 6.63. The van der Waals surface area contributed by atoms with Crippen LogP contribution in [-0.2, 0) is 9.59 Å². The SMILES string of the molecule is CC1(O)CCN(C(=O)C2CCCC(C(=O)O)C2)C1. The lowest BCUT2D eigenvalue weighted by Crippen LogP contribution is -2.40. The quantitative estimate of drug-likeness (QED) is 0.767. The van der Waals surface area contributed by atoms with E-state index < -0.39 is 11.6 Å². The molecule has 0 aromatic carbocycles. The number of amides is 1. The molecule has 1 aliphatic carbocycles. The number of nitrogens with zero attached hydrogens (tertiary/aromatic N) is 1. The van der Waals surface area contributed by atoms with Crippen LogP contribution in [-0.4, -0.2) is 45.7 Å². The lowest BCUT2D eigenvalue weighted by molar-refractivity contribution is -0.145. The van der Waals surface area contributed by atoms with E-state index in [4.69, 9.17) is 5.11 Å². The highest BCUT2D eigenvalue weighted by atomic mass is 16.4. The van der Waals surface area contributed by atoms with Gasteiger partial charge in [0.2, 0.25) is 5.91 Å². The molecule has 3 atom stereocenters. The molecule has 2 N–H and O–H groups in total. The summed E-state index contributed by atoms with van der Waals surface area (Å²) in [5, 5.41) is 18.9. The summed E-state index contributed by atoms with van der Waals surface area (Å²) in [6, 6.07) is 0. The molecule has 2 rings (SSSR count). The summed E-state index contributed by atoms with van der Waals surface area (Å²) >= 11 is 0. The maximum Gasteiger partial charge on any atom is 0.306 e. The molecule has 1 saturated heterocycles. The zero-order valence-electron chi connectivity index (χ0n) is 10.8. The Balaban J connectivity index is 1.95. The summed E-state index contributed by atoms with van der Waals surface area (Å²) < 4.78 is 0. The number of carboxylic acid groups (broad SMARTS) is 1. The number of carbonyl (C=O) groups is 2. The molecule has 1 amide bonds. The second-order valence-corrected chi connectivity index (χ2v) is 5.91. The molecule has 2 aliphatic rings. The van der Waals surface area contributed by atoms with Gasteiger partial charge in [-0.25, -0.2) is 0 Å². The van der Waals surface area contributed by atoms with Gasteiger partial charge in [0.25, 0.3) is 0 Å². The van der Waals surface area contributed by atoms with Crippen LogP contribution in [0.5, 0.6) is 0 Å². The van der Waals surface area contributed by atoms with Crippen LogP contribution in [0.25, 0.3) is 0 Å². The van der Waals surface area contributed by atoms with E-state index in [0.717, 1.165) is 12.8 Å². The zero-order chi connectivity index (χ0) is 13.3. The number of hydrogen-bond donors (Lipinski definition) is 2. The number of carboxylic acids is 1. The van der Waals surface area contributed by atoms with Crippen molar-refractivity contribution in [3.05, 3.63) is 0 Å². The molecule has 18 heavy (non-hydrogen) atoms. The topological polar surface area (TPSA) is 77.8 Å². The smallest absolute Gasteiger partial charge is 0.306 e. The van der Waals surface area contributed by atoms with Crippen LogP contribution >= 0.6 is 0 Å². The molecule has 0 radical (unpaired) electrons. The fourth-order valence-electron chi connectivity index (χ4n) is 3.03. The molecule has 0 aromatic rings. The van der Waals surface area contributed by atoms with Gasteiger partial charge in [0.1, 0.15) is 0 Å². The minimum absolute atomic E-state index is 0.0266. The zero-order valence-corrected chi connectivity index (χ0v) is 10.8. The Morgan fingerprint density at radius 1 is 1.28 bits per heavy atom. The van der Waals surface area contributed by atoms with Gasteiger partial charge in [0, 0.05) is 19.0 Å². The van der Waals surface area contributed by atoms with Gasteiger partial charge in [-0.15, -0.1) is 0 Å². The Morgan fingerprint density at radius 2 is 1.94 bits per heavy atom. The van der Waals surface area contributed by atoms with Gasteiger partial charge in [-0.05, 0) is 32.6 Å². The standard InChI is InChI=1S/C13H21NO4/c1-13(18)5-6-14(8-13)11(15)9-3-2-4-10(7-9)12(16)17/h9-10,18H,2-8H2,1H3,(H,16,17). The molecule has 1 heterocycles. The summed E-state index contributed by atoms with van der Waals surface area (Å²) in [6.07, 6.45) is 3.32. The first-order valence-corrected chi connectivity index (χ1v) is 6.63. The van der Waals surface area contributed by atoms with E-state index in [0.29, 0.717) is 32.4 Å². The van der Waals surface area contributed by atoms with Gasteiger partial charge in [-0.2, -0.15) is 0 Å². The number of carbonyl (C=O) groups excluding carboxylic acids is 1. The number of likely N-dealkylation sites (tertiary alicyclic amines) is 1. The summed E-state index contributed by atoms with van der Waals surface area (Å²) in [4.78, 5) is 24.9. The fraction of sp³-hybridized carbons (Fsp3) is 0.846. The predicted octanol–water partition coefficient (Wildman–Crippen LogP) is 0.861. The van der Waals surface area contributed by atoms with E-state index in [1.807, 2.05) is 0 Å². The number of β-amino-alcohol motifs (C(OH)–C–C–N with tert-alkyl or cyclic N) is 1. The van der Waals surface area contributed by atoms with E-state index in [1.165, 1.54) is 0 Å². The first-order chi connectivity index (χ1) is 8.39. The molecule has 102 valence electrons. The van der Waals surface area contributed by atoms with Crippen molar-refractivity contribution >= 4 is 11.9 Å². The van der Waals surface area contributed by atoms with Crippen LogP contribution in [0, 0.1) is 11.8 Å². The third-order valence-electron chi connectivity index (χ3n) is 4.14. The minimum atomic E-state index is -0.791. The Hall–Kier alpha value is -1.10. The highest BCUT2D eigenvalue weighted by Gasteiger charge is 2.38. The summed E-state index contributed by atoms with van der Waals surface area (Å²) in [7, 11) is 0. The normalized spacial score (nSPS) is 36.7.